The van der Waals surface area contributed by atoms with E-state index in [0.717, 1.165) is 27.6 Å². The minimum atomic E-state index is -0.434. The van der Waals surface area contributed by atoms with Crippen LogP contribution < -0.4 is 4.90 Å². The summed E-state index contributed by atoms with van der Waals surface area (Å²) in [6.45, 7) is 2.60. The normalized spacial score (nSPS) is 15.5. The van der Waals surface area contributed by atoms with Crippen molar-refractivity contribution in [1.82, 2.24) is 9.47 Å². The average Bonchev–Trinajstić information content (AvgIpc) is 3.20. The number of carbonyl (C=O) groups is 2. The largest absolute Gasteiger partial charge is 0.342 e. The summed E-state index contributed by atoms with van der Waals surface area (Å²) >= 11 is 11.5. The van der Waals surface area contributed by atoms with Crippen LogP contribution in [0.5, 0.6) is 0 Å². The third-order valence-electron chi connectivity index (χ3n) is 6.12. The summed E-state index contributed by atoms with van der Waals surface area (Å²) in [5, 5.41) is 1.80. The number of thiocarbonyl (C=S) groups is 1. The lowest BCUT2D eigenvalue weighted by atomic mass is 10.1. The highest BCUT2D eigenvalue weighted by atomic mass is 35.5. The van der Waals surface area contributed by atoms with Crippen LogP contribution in [0.2, 0.25) is 5.02 Å². The fraction of sp³-hybridized carbons (Fsp3) is 0.107. The van der Waals surface area contributed by atoms with Gasteiger partial charge in [0.1, 0.15) is 5.57 Å². The van der Waals surface area contributed by atoms with E-state index in [1.54, 1.807) is 13.1 Å². The molecule has 35 heavy (non-hydrogen) atoms. The summed E-state index contributed by atoms with van der Waals surface area (Å²) in [6, 6.07) is 23.1. The summed E-state index contributed by atoms with van der Waals surface area (Å²) in [5.41, 5.74) is 4.64. The maximum absolute atomic E-state index is 13.6. The average molecular weight is 500 g/mol. The Balaban J connectivity index is 1.58. The van der Waals surface area contributed by atoms with Crippen molar-refractivity contribution in [3.05, 3.63) is 106 Å². The van der Waals surface area contributed by atoms with Crippen LogP contribution in [-0.4, -0.2) is 33.4 Å². The van der Waals surface area contributed by atoms with Crippen LogP contribution in [0.1, 0.15) is 16.7 Å². The summed E-state index contributed by atoms with van der Waals surface area (Å²) in [7, 11) is 1.59. The van der Waals surface area contributed by atoms with Crippen molar-refractivity contribution in [3.63, 3.8) is 0 Å². The van der Waals surface area contributed by atoms with Crippen molar-refractivity contribution in [2.24, 2.45) is 0 Å². The van der Waals surface area contributed by atoms with Gasteiger partial charge in [-0.1, -0.05) is 59.6 Å². The molecule has 1 saturated heterocycles. The molecular weight excluding hydrogens is 478 g/mol. The van der Waals surface area contributed by atoms with E-state index in [0.29, 0.717) is 17.3 Å². The van der Waals surface area contributed by atoms with Gasteiger partial charge in [0.2, 0.25) is 0 Å². The molecule has 0 saturated carbocycles. The molecule has 1 aliphatic heterocycles. The number of amides is 2. The van der Waals surface area contributed by atoms with Crippen LogP contribution in [0, 0.1) is 6.92 Å². The Morgan fingerprint density at radius 1 is 0.914 bits per heavy atom. The van der Waals surface area contributed by atoms with Crippen molar-refractivity contribution in [2.75, 3.05) is 11.9 Å². The highest BCUT2D eigenvalue weighted by molar-refractivity contribution is 7.80. The molecule has 7 heteroatoms. The molecule has 5 nitrogen and oxygen atoms in total. The van der Waals surface area contributed by atoms with Gasteiger partial charge in [-0.3, -0.25) is 19.4 Å². The lowest BCUT2D eigenvalue weighted by Gasteiger charge is -2.34. The standard InChI is InChI=1S/C28H22ClN3O2S/c1-18-7-13-22(14-8-18)32-27(34)24(26(33)30(2)28(32)35)15-20-17-31(25-6-4-3-5-23(20)25)16-19-9-11-21(29)12-10-19/h3-15,17H,16H2,1-2H3/b24-15+. The molecule has 5 rings (SSSR count). The number of hydrogen-bond acceptors (Lipinski definition) is 3. The van der Waals surface area contributed by atoms with Crippen molar-refractivity contribution in [3.8, 4) is 0 Å². The second kappa shape index (κ2) is 9.13. The Morgan fingerprint density at radius 3 is 2.31 bits per heavy atom. The number of halogens is 1. The summed E-state index contributed by atoms with van der Waals surface area (Å²) < 4.78 is 2.11. The molecule has 0 spiro atoms. The van der Waals surface area contributed by atoms with Gasteiger partial charge in [-0.15, -0.1) is 0 Å². The topological polar surface area (TPSA) is 45.6 Å². The Morgan fingerprint density at radius 2 is 1.60 bits per heavy atom. The summed E-state index contributed by atoms with van der Waals surface area (Å²) in [6.07, 6.45) is 3.64. The number of rotatable bonds is 4. The zero-order valence-electron chi connectivity index (χ0n) is 19.2. The number of benzene rings is 3. The molecule has 174 valence electrons. The fourth-order valence-corrected chi connectivity index (χ4v) is 4.62. The van der Waals surface area contributed by atoms with Gasteiger partial charge >= 0.3 is 0 Å². The van der Waals surface area contributed by atoms with Gasteiger partial charge in [-0.2, -0.15) is 0 Å². The first-order chi connectivity index (χ1) is 16.8. The van der Waals surface area contributed by atoms with Crippen LogP contribution >= 0.6 is 23.8 Å². The Kier molecular flexibility index (Phi) is 6.01. The van der Waals surface area contributed by atoms with E-state index in [1.807, 2.05) is 85.9 Å². The third kappa shape index (κ3) is 4.27. The molecule has 0 atom stereocenters. The fourth-order valence-electron chi connectivity index (χ4n) is 4.22. The highest BCUT2D eigenvalue weighted by Gasteiger charge is 2.38. The molecular formula is C28H22ClN3O2S. The number of nitrogens with zero attached hydrogens (tertiary/aromatic N) is 3. The SMILES string of the molecule is Cc1ccc(N2C(=O)/C(=C/c3cn(Cc4ccc(Cl)cc4)c4ccccc34)C(=O)N(C)C2=S)cc1. The number of aromatic nitrogens is 1. The lowest BCUT2D eigenvalue weighted by molar-refractivity contribution is -0.127. The predicted octanol–water partition coefficient (Wildman–Crippen LogP) is 5.82. The van der Waals surface area contributed by atoms with Crippen molar-refractivity contribution in [2.45, 2.75) is 13.5 Å². The molecule has 2 amide bonds. The van der Waals surface area contributed by atoms with Crippen molar-refractivity contribution >= 4 is 63.4 Å². The minimum absolute atomic E-state index is 0.0658. The molecule has 0 aliphatic carbocycles. The second-order valence-electron chi connectivity index (χ2n) is 8.54. The van der Waals surface area contributed by atoms with Crippen molar-refractivity contribution < 1.29 is 9.59 Å². The van der Waals surface area contributed by atoms with E-state index < -0.39 is 11.8 Å². The van der Waals surface area contributed by atoms with Gasteiger partial charge in [0.05, 0.1) is 5.69 Å². The van der Waals surface area contributed by atoms with Crippen molar-refractivity contribution in [1.29, 1.82) is 0 Å². The van der Waals surface area contributed by atoms with Crippen LogP contribution in [0.15, 0.2) is 84.6 Å². The van der Waals surface area contributed by atoms with E-state index >= 15 is 0 Å². The lowest BCUT2D eigenvalue weighted by Crippen LogP contribution is -2.54. The van der Waals surface area contributed by atoms with Gasteiger partial charge in [-0.25, -0.2) is 0 Å². The molecule has 0 bridgehead atoms. The highest BCUT2D eigenvalue weighted by Crippen LogP contribution is 2.29. The van der Waals surface area contributed by atoms with Crippen LogP contribution in [0.25, 0.3) is 17.0 Å². The Bertz CT molecular complexity index is 1500. The number of anilines is 1. The molecule has 4 aromatic rings. The first-order valence-electron chi connectivity index (χ1n) is 11.1. The summed E-state index contributed by atoms with van der Waals surface area (Å²) in [5.74, 6) is -0.852. The Labute approximate surface area is 213 Å². The zero-order valence-corrected chi connectivity index (χ0v) is 20.8. The number of fused-ring (bicyclic) bond motifs is 1. The molecule has 0 radical (unpaired) electrons. The van der Waals surface area contributed by atoms with Crippen LogP contribution in [0.3, 0.4) is 0 Å². The van der Waals surface area contributed by atoms with Gasteiger partial charge in [0.15, 0.2) is 5.11 Å². The number of para-hydroxylation sites is 1. The third-order valence-corrected chi connectivity index (χ3v) is 6.83. The van der Waals surface area contributed by atoms with Gasteiger partial charge in [-0.05, 0) is 61.1 Å². The van der Waals surface area contributed by atoms with Crippen LogP contribution in [0.4, 0.5) is 5.69 Å². The quantitative estimate of drug-likeness (QED) is 0.202. The molecule has 0 N–H and O–H groups in total. The minimum Gasteiger partial charge on any atom is -0.342 e. The van der Waals surface area contributed by atoms with Gasteiger partial charge < -0.3 is 4.57 Å². The molecule has 3 aromatic carbocycles. The van der Waals surface area contributed by atoms with E-state index in [2.05, 4.69) is 4.57 Å². The molecule has 1 aromatic heterocycles. The first-order valence-corrected chi connectivity index (χ1v) is 11.9. The van der Waals surface area contributed by atoms with Gasteiger partial charge in [0, 0.05) is 41.3 Å². The van der Waals surface area contributed by atoms with E-state index in [1.165, 1.54) is 9.80 Å². The Hall–Kier alpha value is -3.74. The number of likely N-dealkylation sites (N-methyl/N-ethyl adjacent to an activating group) is 1. The maximum Gasteiger partial charge on any atom is 0.270 e. The van der Waals surface area contributed by atoms with Gasteiger partial charge in [0.25, 0.3) is 11.8 Å². The predicted molar refractivity (Wildman–Crippen MR) is 145 cm³/mol. The maximum atomic E-state index is 13.6. The van der Waals surface area contributed by atoms with Crippen LogP contribution in [-0.2, 0) is 16.1 Å². The van der Waals surface area contributed by atoms with E-state index in [4.69, 9.17) is 23.8 Å². The number of hydrogen-bond donors (Lipinski definition) is 0. The van der Waals surface area contributed by atoms with E-state index in [-0.39, 0.29) is 10.7 Å². The smallest absolute Gasteiger partial charge is 0.270 e. The molecule has 1 fully saturated rings. The summed E-state index contributed by atoms with van der Waals surface area (Å²) in [4.78, 5) is 29.5. The number of carbonyl (C=O) groups excluding carboxylic acids is 2. The number of aryl methyl sites for hydroxylation is 1. The van der Waals surface area contributed by atoms with E-state index in [9.17, 15) is 9.59 Å². The second-order valence-corrected chi connectivity index (χ2v) is 9.34. The first kappa shape index (κ1) is 23.0. The molecule has 0 unspecified atom stereocenters. The molecule has 1 aliphatic rings. The zero-order chi connectivity index (χ0) is 24.7. The molecule has 2 heterocycles. The monoisotopic (exact) mass is 499 g/mol.